The first kappa shape index (κ1) is 20.1. The van der Waals surface area contributed by atoms with Crippen LogP contribution in [0.3, 0.4) is 0 Å². The third-order valence-electron chi connectivity index (χ3n) is 4.68. The maximum Gasteiger partial charge on any atom is 0.252 e. The van der Waals surface area contributed by atoms with Crippen LogP contribution in [0.15, 0.2) is 46.9 Å². The molecule has 4 nitrogen and oxygen atoms in total. The molecule has 0 saturated carbocycles. The molecule has 1 aliphatic rings. The van der Waals surface area contributed by atoms with Crippen LogP contribution in [0.1, 0.15) is 16.8 Å². The number of rotatable bonds is 6. The van der Waals surface area contributed by atoms with Crippen LogP contribution in [-0.2, 0) is 0 Å². The number of nitrogens with one attached hydrogen (secondary N) is 1. The molecule has 1 heterocycles. The topological polar surface area (TPSA) is 35.6 Å². The van der Waals surface area contributed by atoms with E-state index in [1.165, 1.54) is 6.07 Å². The van der Waals surface area contributed by atoms with Crippen LogP contribution in [0.2, 0.25) is 5.02 Å². The SMILES string of the molecule is O=C(NCCCN1CCN(c2ccccc2F)CC1)c1cc(Br)ccc1Cl. The van der Waals surface area contributed by atoms with Crippen LogP contribution in [0.25, 0.3) is 0 Å². The van der Waals surface area contributed by atoms with Crippen molar-refractivity contribution in [3.05, 3.63) is 63.3 Å². The molecular formula is C20H22BrClFN3O. The Hall–Kier alpha value is -1.63. The van der Waals surface area contributed by atoms with Gasteiger partial charge in [-0.25, -0.2) is 4.39 Å². The van der Waals surface area contributed by atoms with Crippen molar-refractivity contribution in [1.82, 2.24) is 10.2 Å². The van der Waals surface area contributed by atoms with E-state index in [9.17, 15) is 9.18 Å². The number of carbonyl (C=O) groups is 1. The van der Waals surface area contributed by atoms with Crippen LogP contribution in [-0.4, -0.2) is 50.1 Å². The Morgan fingerprint density at radius 1 is 1.15 bits per heavy atom. The Bertz CT molecular complexity index is 797. The van der Waals surface area contributed by atoms with Gasteiger partial charge in [-0.15, -0.1) is 0 Å². The predicted molar refractivity (Wildman–Crippen MR) is 111 cm³/mol. The molecule has 0 aliphatic carbocycles. The first-order valence-corrected chi connectivity index (χ1v) is 10.2. The van der Waals surface area contributed by atoms with Gasteiger partial charge in [0, 0.05) is 37.2 Å². The van der Waals surface area contributed by atoms with Gasteiger partial charge >= 0.3 is 0 Å². The third-order valence-corrected chi connectivity index (χ3v) is 5.50. The van der Waals surface area contributed by atoms with Crippen molar-refractivity contribution >= 4 is 39.1 Å². The standard InChI is InChI=1S/C20H22BrClFN3O/c21-15-6-7-17(22)16(14-15)20(27)24-8-3-9-25-10-12-26(13-11-25)19-5-2-1-4-18(19)23/h1-2,4-7,14H,3,8-13H2,(H,24,27). The van der Waals surface area contributed by atoms with E-state index >= 15 is 0 Å². The van der Waals surface area contributed by atoms with Gasteiger partial charge in [-0.05, 0) is 43.3 Å². The number of halogens is 3. The Labute approximate surface area is 172 Å². The van der Waals surface area contributed by atoms with Crippen molar-refractivity contribution in [2.24, 2.45) is 0 Å². The first-order valence-electron chi connectivity index (χ1n) is 8.99. The number of para-hydroxylation sites is 1. The molecule has 1 amide bonds. The van der Waals surface area contributed by atoms with Crippen molar-refractivity contribution in [3.8, 4) is 0 Å². The maximum atomic E-state index is 13.9. The Kier molecular flexibility index (Phi) is 7.10. The molecule has 1 aliphatic heterocycles. The normalized spacial score (nSPS) is 15.0. The van der Waals surface area contributed by atoms with Gasteiger partial charge in [-0.1, -0.05) is 39.7 Å². The monoisotopic (exact) mass is 453 g/mol. The van der Waals surface area contributed by atoms with E-state index in [-0.39, 0.29) is 11.7 Å². The summed E-state index contributed by atoms with van der Waals surface area (Å²) in [6.07, 6.45) is 0.858. The number of nitrogens with zero attached hydrogens (tertiary/aromatic N) is 2. The molecule has 144 valence electrons. The summed E-state index contributed by atoms with van der Waals surface area (Å²) in [5.41, 5.74) is 1.15. The maximum absolute atomic E-state index is 13.9. The lowest BCUT2D eigenvalue weighted by molar-refractivity contribution is 0.0951. The van der Waals surface area contributed by atoms with Crippen LogP contribution < -0.4 is 10.2 Å². The van der Waals surface area contributed by atoms with Gasteiger partial charge in [0.2, 0.25) is 0 Å². The average molecular weight is 455 g/mol. The van der Waals surface area contributed by atoms with Gasteiger partial charge in [0.25, 0.3) is 5.91 Å². The zero-order chi connectivity index (χ0) is 19.2. The zero-order valence-corrected chi connectivity index (χ0v) is 17.3. The third kappa shape index (κ3) is 5.43. The van der Waals surface area contributed by atoms with E-state index in [1.807, 2.05) is 12.1 Å². The molecule has 2 aromatic carbocycles. The summed E-state index contributed by atoms with van der Waals surface area (Å²) in [6, 6.07) is 12.1. The molecule has 1 N–H and O–H groups in total. The smallest absolute Gasteiger partial charge is 0.252 e. The van der Waals surface area contributed by atoms with Crippen LogP contribution in [0.5, 0.6) is 0 Å². The minimum atomic E-state index is -0.167. The van der Waals surface area contributed by atoms with E-state index in [2.05, 4.69) is 31.0 Å². The van der Waals surface area contributed by atoms with E-state index in [1.54, 1.807) is 24.3 Å². The Morgan fingerprint density at radius 2 is 1.89 bits per heavy atom. The van der Waals surface area contributed by atoms with E-state index in [4.69, 9.17) is 11.6 Å². The second-order valence-electron chi connectivity index (χ2n) is 6.51. The lowest BCUT2D eigenvalue weighted by Crippen LogP contribution is -2.47. The second kappa shape index (κ2) is 9.53. The van der Waals surface area contributed by atoms with E-state index in [0.717, 1.165) is 43.6 Å². The summed E-state index contributed by atoms with van der Waals surface area (Å²) in [6.45, 7) is 4.88. The molecule has 1 saturated heterocycles. The summed E-state index contributed by atoms with van der Waals surface area (Å²) in [5.74, 6) is -0.328. The number of benzene rings is 2. The lowest BCUT2D eigenvalue weighted by Gasteiger charge is -2.36. The predicted octanol–water partition coefficient (Wildman–Crippen LogP) is 4.18. The van der Waals surface area contributed by atoms with Gasteiger partial charge in [0.05, 0.1) is 16.3 Å². The van der Waals surface area contributed by atoms with Gasteiger partial charge in [-0.2, -0.15) is 0 Å². The molecule has 3 rings (SSSR count). The minimum absolute atomic E-state index is 0.161. The van der Waals surface area contributed by atoms with Gasteiger partial charge in [-0.3, -0.25) is 9.69 Å². The quantitative estimate of drug-likeness (QED) is 0.665. The van der Waals surface area contributed by atoms with Crippen molar-refractivity contribution in [3.63, 3.8) is 0 Å². The molecule has 0 aromatic heterocycles. The fourth-order valence-corrected chi connectivity index (χ4v) is 3.76. The van der Waals surface area contributed by atoms with E-state index < -0.39 is 0 Å². The highest BCUT2D eigenvalue weighted by atomic mass is 79.9. The van der Waals surface area contributed by atoms with E-state index in [0.29, 0.717) is 22.8 Å². The van der Waals surface area contributed by atoms with Crippen molar-refractivity contribution in [2.75, 3.05) is 44.2 Å². The summed E-state index contributed by atoms with van der Waals surface area (Å²) in [4.78, 5) is 16.7. The highest BCUT2D eigenvalue weighted by Gasteiger charge is 2.19. The van der Waals surface area contributed by atoms with Crippen molar-refractivity contribution in [1.29, 1.82) is 0 Å². The van der Waals surface area contributed by atoms with Crippen molar-refractivity contribution < 1.29 is 9.18 Å². The zero-order valence-electron chi connectivity index (χ0n) is 14.9. The molecular weight excluding hydrogens is 433 g/mol. The Balaban J connectivity index is 1.39. The number of hydrogen-bond donors (Lipinski definition) is 1. The fourth-order valence-electron chi connectivity index (χ4n) is 3.19. The molecule has 0 bridgehead atoms. The fraction of sp³-hybridized carbons (Fsp3) is 0.350. The number of piperazine rings is 1. The molecule has 2 aromatic rings. The van der Waals surface area contributed by atoms with Crippen LogP contribution in [0.4, 0.5) is 10.1 Å². The highest BCUT2D eigenvalue weighted by molar-refractivity contribution is 9.10. The first-order chi connectivity index (χ1) is 13.0. The molecule has 0 spiro atoms. The molecule has 0 radical (unpaired) electrons. The molecule has 1 fully saturated rings. The summed E-state index contributed by atoms with van der Waals surface area (Å²) in [7, 11) is 0. The van der Waals surface area contributed by atoms with Gasteiger partial charge in [0.1, 0.15) is 5.82 Å². The number of carbonyl (C=O) groups excluding carboxylic acids is 1. The minimum Gasteiger partial charge on any atom is -0.367 e. The summed E-state index contributed by atoms with van der Waals surface area (Å²) < 4.78 is 14.7. The number of amides is 1. The second-order valence-corrected chi connectivity index (χ2v) is 7.84. The molecule has 27 heavy (non-hydrogen) atoms. The number of hydrogen-bond acceptors (Lipinski definition) is 3. The van der Waals surface area contributed by atoms with Crippen LogP contribution in [0, 0.1) is 5.82 Å². The molecule has 0 atom stereocenters. The average Bonchev–Trinajstić information content (AvgIpc) is 2.68. The summed E-state index contributed by atoms with van der Waals surface area (Å²) >= 11 is 9.43. The Morgan fingerprint density at radius 3 is 2.63 bits per heavy atom. The van der Waals surface area contributed by atoms with Gasteiger partial charge in [0.15, 0.2) is 0 Å². The lowest BCUT2D eigenvalue weighted by atomic mass is 10.2. The largest absolute Gasteiger partial charge is 0.367 e. The highest BCUT2D eigenvalue weighted by Crippen LogP contribution is 2.21. The van der Waals surface area contributed by atoms with Crippen LogP contribution >= 0.6 is 27.5 Å². The molecule has 0 unspecified atom stereocenters. The van der Waals surface area contributed by atoms with Gasteiger partial charge < -0.3 is 10.2 Å². The number of anilines is 1. The van der Waals surface area contributed by atoms with Crippen molar-refractivity contribution in [2.45, 2.75) is 6.42 Å². The summed E-state index contributed by atoms with van der Waals surface area (Å²) in [5, 5.41) is 3.36. The molecule has 7 heteroatoms.